The molecule has 0 radical (unpaired) electrons. The van der Waals surface area contributed by atoms with E-state index >= 15 is 0 Å². The third-order valence-corrected chi connectivity index (χ3v) is 3.07. The predicted octanol–water partition coefficient (Wildman–Crippen LogP) is 2.98. The van der Waals surface area contributed by atoms with Crippen molar-refractivity contribution in [1.29, 1.82) is 0 Å². The molecule has 0 N–H and O–H groups in total. The lowest BCUT2D eigenvalue weighted by atomic mass is 9.93. The van der Waals surface area contributed by atoms with Crippen molar-refractivity contribution >= 4 is 5.97 Å². The van der Waals surface area contributed by atoms with Crippen LogP contribution in [0.3, 0.4) is 0 Å². The lowest BCUT2D eigenvalue weighted by Crippen LogP contribution is -2.41. The molecule has 0 bridgehead atoms. The molecule has 1 aromatic rings. The SMILES string of the molecule is CC1=CC(=O)O[C@@](C)([C@H](C)c2ccccc2)O1. The molecule has 0 spiro atoms. The van der Waals surface area contributed by atoms with Crippen LogP contribution < -0.4 is 0 Å². The molecule has 0 unspecified atom stereocenters. The molecule has 3 heteroatoms. The van der Waals surface area contributed by atoms with E-state index in [-0.39, 0.29) is 11.9 Å². The summed E-state index contributed by atoms with van der Waals surface area (Å²) in [7, 11) is 0. The van der Waals surface area contributed by atoms with Gasteiger partial charge in [-0.15, -0.1) is 0 Å². The second-order valence-electron chi connectivity index (χ2n) is 4.43. The molecular formula is C14H16O3. The first-order valence-corrected chi connectivity index (χ1v) is 5.66. The van der Waals surface area contributed by atoms with E-state index < -0.39 is 5.79 Å². The van der Waals surface area contributed by atoms with E-state index in [1.807, 2.05) is 37.3 Å². The Morgan fingerprint density at radius 3 is 2.41 bits per heavy atom. The molecule has 0 amide bonds. The van der Waals surface area contributed by atoms with Gasteiger partial charge in [0.05, 0.1) is 12.0 Å². The summed E-state index contributed by atoms with van der Waals surface area (Å²) in [6, 6.07) is 9.88. The number of cyclic esters (lactones) is 1. The molecule has 3 nitrogen and oxygen atoms in total. The maximum Gasteiger partial charge on any atom is 0.337 e. The van der Waals surface area contributed by atoms with Crippen molar-refractivity contribution in [3.63, 3.8) is 0 Å². The molecule has 0 aliphatic carbocycles. The first-order valence-electron chi connectivity index (χ1n) is 5.66. The summed E-state index contributed by atoms with van der Waals surface area (Å²) in [6.07, 6.45) is 1.36. The van der Waals surface area contributed by atoms with Crippen LogP contribution in [0.5, 0.6) is 0 Å². The lowest BCUT2D eigenvalue weighted by Gasteiger charge is -2.37. The van der Waals surface area contributed by atoms with Crippen molar-refractivity contribution in [3.8, 4) is 0 Å². The van der Waals surface area contributed by atoms with Gasteiger partial charge in [-0.2, -0.15) is 0 Å². The maximum absolute atomic E-state index is 11.4. The standard InChI is InChI=1S/C14H16O3/c1-10-9-13(15)17-14(3,16-10)11(2)12-7-5-4-6-8-12/h4-9,11H,1-3H3/t11-,14+/m1/s1. The molecule has 1 aliphatic rings. The van der Waals surface area contributed by atoms with Gasteiger partial charge in [0.2, 0.25) is 0 Å². The van der Waals surface area contributed by atoms with Crippen molar-refractivity contribution in [2.24, 2.45) is 0 Å². The Morgan fingerprint density at radius 2 is 1.82 bits per heavy atom. The van der Waals surface area contributed by atoms with Crippen molar-refractivity contribution < 1.29 is 14.3 Å². The number of hydrogen-bond acceptors (Lipinski definition) is 3. The molecule has 1 heterocycles. The van der Waals surface area contributed by atoms with Crippen LogP contribution in [0.25, 0.3) is 0 Å². The quantitative estimate of drug-likeness (QED) is 0.735. The molecule has 17 heavy (non-hydrogen) atoms. The van der Waals surface area contributed by atoms with E-state index in [1.165, 1.54) is 6.08 Å². The van der Waals surface area contributed by atoms with Crippen LogP contribution >= 0.6 is 0 Å². The fraction of sp³-hybridized carbons (Fsp3) is 0.357. The molecule has 1 aliphatic heterocycles. The largest absolute Gasteiger partial charge is 0.456 e. The Balaban J connectivity index is 2.28. The Hall–Kier alpha value is -1.77. The number of ether oxygens (including phenoxy) is 2. The van der Waals surface area contributed by atoms with Crippen LogP contribution in [0.1, 0.15) is 32.3 Å². The van der Waals surface area contributed by atoms with E-state index in [9.17, 15) is 4.79 Å². The summed E-state index contributed by atoms with van der Waals surface area (Å²) in [5, 5.41) is 0. The molecule has 0 saturated carbocycles. The maximum atomic E-state index is 11.4. The highest BCUT2D eigenvalue weighted by atomic mass is 16.7. The normalized spacial score (nSPS) is 25.6. The number of carbonyl (C=O) groups is 1. The fourth-order valence-electron chi connectivity index (χ4n) is 1.99. The zero-order valence-corrected chi connectivity index (χ0v) is 10.3. The highest BCUT2D eigenvalue weighted by Crippen LogP contribution is 2.36. The minimum absolute atomic E-state index is 0.0312. The first-order chi connectivity index (χ1) is 8.01. The fourth-order valence-corrected chi connectivity index (χ4v) is 1.99. The molecule has 0 fully saturated rings. The van der Waals surface area contributed by atoms with E-state index in [2.05, 4.69) is 0 Å². The Bertz CT molecular complexity index is 450. The number of benzene rings is 1. The van der Waals surface area contributed by atoms with Gasteiger partial charge in [-0.1, -0.05) is 37.3 Å². The Labute approximate surface area is 101 Å². The van der Waals surface area contributed by atoms with Crippen LogP contribution in [-0.2, 0) is 14.3 Å². The van der Waals surface area contributed by atoms with Crippen LogP contribution in [-0.4, -0.2) is 11.8 Å². The van der Waals surface area contributed by atoms with Gasteiger partial charge < -0.3 is 9.47 Å². The van der Waals surface area contributed by atoms with Crippen molar-refractivity contribution in [2.45, 2.75) is 32.5 Å². The highest BCUT2D eigenvalue weighted by molar-refractivity contribution is 5.83. The van der Waals surface area contributed by atoms with Crippen LogP contribution in [0, 0.1) is 0 Å². The van der Waals surface area contributed by atoms with Gasteiger partial charge in [-0.05, 0) is 12.5 Å². The van der Waals surface area contributed by atoms with Crippen LogP contribution in [0.4, 0.5) is 0 Å². The average molecular weight is 232 g/mol. The molecule has 1 aromatic carbocycles. The molecule has 90 valence electrons. The topological polar surface area (TPSA) is 35.5 Å². The monoisotopic (exact) mass is 232 g/mol. The lowest BCUT2D eigenvalue weighted by molar-refractivity contribution is -0.220. The van der Waals surface area contributed by atoms with E-state index in [4.69, 9.17) is 9.47 Å². The third kappa shape index (κ3) is 2.33. The van der Waals surface area contributed by atoms with Gasteiger partial charge in [0, 0.05) is 6.92 Å². The molecule has 2 rings (SSSR count). The molecule has 2 atom stereocenters. The van der Waals surface area contributed by atoms with Crippen LogP contribution in [0.2, 0.25) is 0 Å². The van der Waals surface area contributed by atoms with E-state index in [0.29, 0.717) is 5.76 Å². The minimum Gasteiger partial charge on any atom is -0.456 e. The van der Waals surface area contributed by atoms with Gasteiger partial charge in [-0.25, -0.2) is 4.79 Å². The van der Waals surface area contributed by atoms with Crippen molar-refractivity contribution in [1.82, 2.24) is 0 Å². The van der Waals surface area contributed by atoms with Gasteiger partial charge in [0.15, 0.2) is 0 Å². The minimum atomic E-state index is -0.933. The average Bonchev–Trinajstić information content (AvgIpc) is 2.27. The zero-order chi connectivity index (χ0) is 12.5. The number of carbonyl (C=O) groups excluding carboxylic acids is 1. The van der Waals surface area contributed by atoms with Crippen LogP contribution in [0.15, 0.2) is 42.2 Å². The van der Waals surface area contributed by atoms with Gasteiger partial charge in [0.25, 0.3) is 5.79 Å². The summed E-state index contributed by atoms with van der Waals surface area (Å²) < 4.78 is 11.0. The number of esters is 1. The van der Waals surface area contributed by atoms with Crippen molar-refractivity contribution in [3.05, 3.63) is 47.7 Å². The number of allylic oxidation sites excluding steroid dienone is 1. The number of hydrogen-bond donors (Lipinski definition) is 0. The summed E-state index contributed by atoms with van der Waals surface area (Å²) in [5.74, 6) is -0.723. The smallest absolute Gasteiger partial charge is 0.337 e. The second-order valence-corrected chi connectivity index (χ2v) is 4.43. The van der Waals surface area contributed by atoms with Crippen molar-refractivity contribution in [2.75, 3.05) is 0 Å². The predicted molar refractivity (Wildman–Crippen MR) is 64.2 cm³/mol. The van der Waals surface area contributed by atoms with Gasteiger partial charge in [0.1, 0.15) is 5.76 Å². The summed E-state index contributed by atoms with van der Waals surface area (Å²) in [4.78, 5) is 11.4. The third-order valence-electron chi connectivity index (χ3n) is 3.07. The molecule has 0 aromatic heterocycles. The summed E-state index contributed by atoms with van der Waals surface area (Å²) >= 11 is 0. The van der Waals surface area contributed by atoms with Gasteiger partial charge >= 0.3 is 5.97 Å². The Morgan fingerprint density at radius 1 is 1.18 bits per heavy atom. The zero-order valence-electron chi connectivity index (χ0n) is 10.3. The highest BCUT2D eigenvalue weighted by Gasteiger charge is 2.40. The molecule has 0 saturated heterocycles. The summed E-state index contributed by atoms with van der Waals surface area (Å²) in [5.41, 5.74) is 1.08. The summed E-state index contributed by atoms with van der Waals surface area (Å²) in [6.45, 7) is 5.54. The van der Waals surface area contributed by atoms with E-state index in [0.717, 1.165) is 5.56 Å². The second kappa shape index (κ2) is 4.24. The van der Waals surface area contributed by atoms with Gasteiger partial charge in [-0.3, -0.25) is 0 Å². The van der Waals surface area contributed by atoms with E-state index in [1.54, 1.807) is 13.8 Å². The molecular weight excluding hydrogens is 216 g/mol. The Kier molecular flexibility index (Phi) is 2.92. The number of rotatable bonds is 2. The first kappa shape index (κ1) is 11.7.